The van der Waals surface area contributed by atoms with Crippen LogP contribution in [-0.2, 0) is 15.3 Å². The van der Waals surface area contributed by atoms with E-state index in [1.54, 1.807) is 0 Å². The Hall–Kier alpha value is -1.64. The van der Waals surface area contributed by atoms with Gasteiger partial charge >= 0.3 is 0 Å². The molecule has 1 heterocycles. The van der Waals surface area contributed by atoms with Gasteiger partial charge in [0.25, 0.3) is 0 Å². The second-order valence-corrected chi connectivity index (χ2v) is 4.91. The molecule has 0 N–H and O–H groups in total. The maximum absolute atomic E-state index is 6.22. The van der Waals surface area contributed by atoms with Gasteiger partial charge in [-0.15, -0.1) is 0 Å². The van der Waals surface area contributed by atoms with Crippen molar-refractivity contribution in [1.82, 2.24) is 0 Å². The first-order valence-electron chi connectivity index (χ1n) is 6.74. The summed E-state index contributed by atoms with van der Waals surface area (Å²) in [5.41, 5.74) is 2.10. The summed E-state index contributed by atoms with van der Waals surface area (Å²) in [4.78, 5) is 0. The number of benzene rings is 2. The molecule has 1 aliphatic rings. The Morgan fingerprint density at radius 1 is 0.895 bits per heavy atom. The van der Waals surface area contributed by atoms with Crippen molar-refractivity contribution in [3.05, 3.63) is 71.8 Å². The normalized spacial score (nSPS) is 22.1. The Morgan fingerprint density at radius 2 is 1.42 bits per heavy atom. The van der Waals surface area contributed by atoms with Crippen LogP contribution < -0.4 is 0 Å². The van der Waals surface area contributed by atoms with E-state index in [9.17, 15) is 0 Å². The first-order valence-corrected chi connectivity index (χ1v) is 6.74. The van der Waals surface area contributed by atoms with Gasteiger partial charge in [0, 0.05) is 11.1 Å². The lowest BCUT2D eigenvalue weighted by Crippen LogP contribution is -2.42. The van der Waals surface area contributed by atoms with E-state index < -0.39 is 5.79 Å². The molecule has 19 heavy (non-hydrogen) atoms. The second kappa shape index (κ2) is 5.16. The van der Waals surface area contributed by atoms with Crippen molar-refractivity contribution in [2.75, 3.05) is 6.61 Å². The summed E-state index contributed by atoms with van der Waals surface area (Å²) in [7, 11) is 0. The quantitative estimate of drug-likeness (QED) is 0.813. The highest BCUT2D eigenvalue weighted by Gasteiger charge is 2.40. The van der Waals surface area contributed by atoms with Crippen molar-refractivity contribution in [2.24, 2.45) is 0 Å². The van der Waals surface area contributed by atoms with Gasteiger partial charge in [-0.2, -0.15) is 0 Å². The SMILES string of the molecule is CC1CCOC(c2ccccc2)(c2ccccc2)O1. The summed E-state index contributed by atoms with van der Waals surface area (Å²) in [6.45, 7) is 2.81. The third-order valence-electron chi connectivity index (χ3n) is 3.50. The number of rotatable bonds is 2. The molecule has 1 aliphatic heterocycles. The Morgan fingerprint density at radius 3 is 1.89 bits per heavy atom. The van der Waals surface area contributed by atoms with E-state index in [1.807, 2.05) is 36.4 Å². The highest BCUT2D eigenvalue weighted by molar-refractivity contribution is 5.34. The van der Waals surface area contributed by atoms with Crippen molar-refractivity contribution in [1.29, 1.82) is 0 Å². The van der Waals surface area contributed by atoms with Gasteiger partial charge in [0.2, 0.25) is 5.79 Å². The molecule has 2 heteroatoms. The summed E-state index contributed by atoms with van der Waals surface area (Å²) in [5.74, 6) is -0.764. The van der Waals surface area contributed by atoms with Crippen LogP contribution in [0.15, 0.2) is 60.7 Å². The first kappa shape index (κ1) is 12.4. The van der Waals surface area contributed by atoms with E-state index in [1.165, 1.54) is 0 Å². The Labute approximate surface area is 114 Å². The molecule has 98 valence electrons. The lowest BCUT2D eigenvalue weighted by molar-refractivity contribution is -0.274. The molecule has 0 saturated carbocycles. The Balaban J connectivity index is 2.11. The molecular weight excluding hydrogens is 236 g/mol. The molecule has 0 amide bonds. The predicted octanol–water partition coefficient (Wildman–Crippen LogP) is 3.71. The first-order chi connectivity index (χ1) is 9.31. The molecule has 2 nitrogen and oxygen atoms in total. The fourth-order valence-corrected chi connectivity index (χ4v) is 2.53. The maximum atomic E-state index is 6.22. The van der Waals surface area contributed by atoms with Crippen molar-refractivity contribution in [3.63, 3.8) is 0 Å². The minimum absolute atomic E-state index is 0.189. The molecular formula is C17H18O2. The fraction of sp³-hybridized carbons (Fsp3) is 0.294. The summed E-state index contributed by atoms with van der Waals surface area (Å²) < 4.78 is 12.3. The number of ether oxygens (including phenoxy) is 2. The summed E-state index contributed by atoms with van der Waals surface area (Å²) in [5, 5.41) is 0. The number of hydrogen-bond donors (Lipinski definition) is 0. The standard InChI is InChI=1S/C17H18O2/c1-14-12-13-18-17(19-14,15-8-4-2-5-9-15)16-10-6-3-7-11-16/h2-11,14H,12-13H2,1H3. The van der Waals surface area contributed by atoms with Crippen molar-refractivity contribution < 1.29 is 9.47 Å². The minimum atomic E-state index is -0.764. The molecule has 0 bridgehead atoms. The van der Waals surface area contributed by atoms with Crippen molar-refractivity contribution >= 4 is 0 Å². The molecule has 1 atom stereocenters. The van der Waals surface area contributed by atoms with E-state index >= 15 is 0 Å². The van der Waals surface area contributed by atoms with Crippen molar-refractivity contribution in [2.45, 2.75) is 25.2 Å². The molecule has 1 fully saturated rings. The van der Waals surface area contributed by atoms with Gasteiger partial charge in [0.05, 0.1) is 12.7 Å². The topological polar surface area (TPSA) is 18.5 Å². The highest BCUT2D eigenvalue weighted by atomic mass is 16.7. The Kier molecular flexibility index (Phi) is 3.36. The van der Waals surface area contributed by atoms with E-state index in [4.69, 9.17) is 9.47 Å². The fourth-order valence-electron chi connectivity index (χ4n) is 2.53. The van der Waals surface area contributed by atoms with Gasteiger partial charge in [0.15, 0.2) is 0 Å². The summed E-state index contributed by atoms with van der Waals surface area (Å²) >= 11 is 0. The third kappa shape index (κ3) is 2.29. The lowest BCUT2D eigenvalue weighted by atomic mass is 9.95. The van der Waals surface area contributed by atoms with Gasteiger partial charge in [-0.1, -0.05) is 60.7 Å². The van der Waals surface area contributed by atoms with E-state index in [2.05, 4.69) is 31.2 Å². The smallest absolute Gasteiger partial charge is 0.222 e. The van der Waals surface area contributed by atoms with Gasteiger partial charge in [-0.05, 0) is 13.3 Å². The molecule has 0 radical (unpaired) electrons. The van der Waals surface area contributed by atoms with Crippen LogP contribution in [0.2, 0.25) is 0 Å². The van der Waals surface area contributed by atoms with Crippen LogP contribution in [0.4, 0.5) is 0 Å². The molecule has 3 rings (SSSR count). The average Bonchev–Trinajstić information content (AvgIpc) is 2.49. The van der Waals surface area contributed by atoms with Crippen LogP contribution in [-0.4, -0.2) is 12.7 Å². The summed E-state index contributed by atoms with van der Waals surface area (Å²) in [6.07, 6.45) is 1.12. The van der Waals surface area contributed by atoms with Crippen LogP contribution in [0.5, 0.6) is 0 Å². The van der Waals surface area contributed by atoms with Crippen LogP contribution in [0.25, 0.3) is 0 Å². The van der Waals surface area contributed by atoms with E-state index in [0.29, 0.717) is 6.61 Å². The highest BCUT2D eigenvalue weighted by Crippen LogP contribution is 2.39. The zero-order valence-electron chi connectivity index (χ0n) is 11.1. The zero-order valence-corrected chi connectivity index (χ0v) is 11.1. The molecule has 2 aromatic carbocycles. The largest absolute Gasteiger partial charge is 0.342 e. The maximum Gasteiger partial charge on any atom is 0.222 e. The predicted molar refractivity (Wildman–Crippen MR) is 74.8 cm³/mol. The molecule has 2 aromatic rings. The third-order valence-corrected chi connectivity index (χ3v) is 3.50. The average molecular weight is 254 g/mol. The van der Waals surface area contributed by atoms with Gasteiger partial charge < -0.3 is 9.47 Å². The lowest BCUT2D eigenvalue weighted by Gasteiger charge is -2.40. The van der Waals surface area contributed by atoms with Crippen LogP contribution in [0.1, 0.15) is 24.5 Å². The number of hydrogen-bond acceptors (Lipinski definition) is 2. The minimum Gasteiger partial charge on any atom is -0.342 e. The molecule has 0 aromatic heterocycles. The monoisotopic (exact) mass is 254 g/mol. The van der Waals surface area contributed by atoms with E-state index in [0.717, 1.165) is 17.5 Å². The molecule has 0 aliphatic carbocycles. The Bertz CT molecular complexity index is 482. The van der Waals surface area contributed by atoms with Gasteiger partial charge in [0.1, 0.15) is 0 Å². The van der Waals surface area contributed by atoms with Crippen LogP contribution in [0, 0.1) is 0 Å². The molecule has 1 unspecified atom stereocenters. The summed E-state index contributed by atoms with van der Waals surface area (Å²) in [6, 6.07) is 20.3. The zero-order chi connectivity index (χ0) is 13.1. The second-order valence-electron chi connectivity index (χ2n) is 4.91. The van der Waals surface area contributed by atoms with Crippen molar-refractivity contribution in [3.8, 4) is 0 Å². The van der Waals surface area contributed by atoms with Crippen LogP contribution in [0.3, 0.4) is 0 Å². The molecule has 0 spiro atoms. The van der Waals surface area contributed by atoms with Gasteiger partial charge in [-0.25, -0.2) is 0 Å². The van der Waals surface area contributed by atoms with Crippen LogP contribution >= 0.6 is 0 Å². The van der Waals surface area contributed by atoms with Gasteiger partial charge in [-0.3, -0.25) is 0 Å². The van der Waals surface area contributed by atoms with E-state index in [-0.39, 0.29) is 6.10 Å². The molecule has 1 saturated heterocycles.